The minimum Gasteiger partial charge on any atom is -0.326 e. The molecular weight excluding hydrogens is 328 g/mol. The van der Waals surface area contributed by atoms with E-state index in [2.05, 4.69) is 15.1 Å². The second-order valence-electron chi connectivity index (χ2n) is 5.61. The van der Waals surface area contributed by atoms with Gasteiger partial charge in [-0.05, 0) is 50.1 Å². The molecule has 130 valence electrons. The largest absolute Gasteiger partial charge is 0.326 e. The van der Waals surface area contributed by atoms with Gasteiger partial charge >= 0.3 is 0 Å². The molecule has 0 unspecified atom stereocenters. The number of benzene rings is 1. The molecule has 8 heteroatoms. The maximum absolute atomic E-state index is 12.0. The molecule has 1 aromatic carbocycles. The van der Waals surface area contributed by atoms with Gasteiger partial charge in [0.1, 0.15) is 0 Å². The lowest BCUT2D eigenvalue weighted by atomic mass is 10.2. The van der Waals surface area contributed by atoms with Crippen molar-refractivity contribution in [1.82, 2.24) is 9.78 Å². The van der Waals surface area contributed by atoms with Crippen molar-refractivity contribution in [3.8, 4) is 0 Å². The highest BCUT2D eigenvalue weighted by Gasteiger charge is 2.10. The summed E-state index contributed by atoms with van der Waals surface area (Å²) in [6.07, 6.45) is 3.94. The van der Waals surface area contributed by atoms with Crippen LogP contribution < -0.4 is 10.0 Å². The van der Waals surface area contributed by atoms with E-state index >= 15 is 0 Å². The molecule has 0 aliphatic heterocycles. The standard InChI is InChI=1S/C16H22N4O3S/c1-4-24(22,23)19-15-6-5-14(9-13(15)3)18-16(21)7-8-20-11-12(2)10-17-20/h5-6,9-11,19H,4,7-8H2,1-3H3,(H,18,21). The molecule has 0 saturated carbocycles. The van der Waals surface area contributed by atoms with Gasteiger partial charge in [-0.1, -0.05) is 0 Å². The lowest BCUT2D eigenvalue weighted by Gasteiger charge is -2.11. The van der Waals surface area contributed by atoms with Crippen molar-refractivity contribution in [3.63, 3.8) is 0 Å². The second kappa shape index (κ2) is 7.48. The molecular formula is C16H22N4O3S. The third-order valence-corrected chi connectivity index (χ3v) is 4.78. The topological polar surface area (TPSA) is 93.1 Å². The Hall–Kier alpha value is -2.35. The minimum absolute atomic E-state index is 0.0117. The van der Waals surface area contributed by atoms with E-state index in [0.717, 1.165) is 11.1 Å². The molecule has 0 saturated heterocycles. The van der Waals surface area contributed by atoms with Gasteiger partial charge < -0.3 is 5.32 Å². The summed E-state index contributed by atoms with van der Waals surface area (Å²) in [4.78, 5) is 12.0. The Kier molecular flexibility index (Phi) is 5.61. The fraction of sp³-hybridized carbons (Fsp3) is 0.375. The molecule has 2 rings (SSSR count). The number of rotatable bonds is 7. The zero-order valence-corrected chi connectivity index (χ0v) is 14.9. The van der Waals surface area contributed by atoms with Crippen LogP contribution in [0.5, 0.6) is 0 Å². The normalized spacial score (nSPS) is 11.3. The van der Waals surface area contributed by atoms with E-state index in [1.807, 2.05) is 13.1 Å². The van der Waals surface area contributed by atoms with Crippen molar-refractivity contribution in [2.75, 3.05) is 15.8 Å². The third kappa shape index (κ3) is 5.09. The van der Waals surface area contributed by atoms with E-state index < -0.39 is 10.0 Å². The van der Waals surface area contributed by atoms with Gasteiger partial charge in [0.2, 0.25) is 15.9 Å². The number of carbonyl (C=O) groups excluding carboxylic acids is 1. The fourth-order valence-corrected chi connectivity index (χ4v) is 2.83. The highest BCUT2D eigenvalue weighted by molar-refractivity contribution is 7.92. The zero-order chi connectivity index (χ0) is 17.7. The molecule has 7 nitrogen and oxygen atoms in total. The summed E-state index contributed by atoms with van der Waals surface area (Å²) in [7, 11) is -3.32. The molecule has 0 spiro atoms. The van der Waals surface area contributed by atoms with Gasteiger partial charge in [0.05, 0.1) is 17.6 Å². The Balaban J connectivity index is 1.95. The molecule has 0 bridgehead atoms. The Bertz CT molecular complexity index is 828. The molecule has 0 aliphatic rings. The molecule has 2 N–H and O–H groups in total. The van der Waals surface area contributed by atoms with Gasteiger partial charge in [-0.25, -0.2) is 8.42 Å². The molecule has 0 fully saturated rings. The van der Waals surface area contributed by atoms with Gasteiger partial charge in [-0.2, -0.15) is 5.10 Å². The van der Waals surface area contributed by atoms with Crippen LogP contribution in [0.25, 0.3) is 0 Å². The zero-order valence-electron chi connectivity index (χ0n) is 14.0. The Morgan fingerprint density at radius 3 is 2.62 bits per heavy atom. The van der Waals surface area contributed by atoms with Crippen LogP contribution in [0.2, 0.25) is 0 Å². The molecule has 1 heterocycles. The van der Waals surface area contributed by atoms with Crippen LogP contribution >= 0.6 is 0 Å². The number of carbonyl (C=O) groups is 1. The quantitative estimate of drug-likeness (QED) is 0.801. The predicted molar refractivity (Wildman–Crippen MR) is 94.5 cm³/mol. The summed E-state index contributed by atoms with van der Waals surface area (Å²) in [5, 5.41) is 6.94. The van der Waals surface area contributed by atoms with Crippen molar-refractivity contribution in [2.24, 2.45) is 0 Å². The van der Waals surface area contributed by atoms with Gasteiger partial charge in [0.15, 0.2) is 0 Å². The number of anilines is 2. The first-order valence-electron chi connectivity index (χ1n) is 7.69. The lowest BCUT2D eigenvalue weighted by molar-refractivity contribution is -0.116. The van der Waals surface area contributed by atoms with E-state index in [4.69, 9.17) is 0 Å². The monoisotopic (exact) mass is 350 g/mol. The molecule has 0 aliphatic carbocycles. The average molecular weight is 350 g/mol. The van der Waals surface area contributed by atoms with E-state index in [0.29, 0.717) is 24.3 Å². The number of amides is 1. The van der Waals surface area contributed by atoms with E-state index in [-0.39, 0.29) is 11.7 Å². The van der Waals surface area contributed by atoms with E-state index in [1.165, 1.54) is 0 Å². The van der Waals surface area contributed by atoms with Gasteiger partial charge in [-0.3, -0.25) is 14.2 Å². The summed E-state index contributed by atoms with van der Waals surface area (Å²) < 4.78 is 27.5. The van der Waals surface area contributed by atoms with Gasteiger partial charge in [0.25, 0.3) is 0 Å². The first-order chi connectivity index (χ1) is 11.3. The van der Waals surface area contributed by atoms with Gasteiger partial charge in [0, 0.05) is 24.8 Å². The smallest absolute Gasteiger partial charge is 0.232 e. The summed E-state index contributed by atoms with van der Waals surface area (Å²) in [5.74, 6) is -0.109. The molecule has 24 heavy (non-hydrogen) atoms. The number of sulfonamides is 1. The molecule has 2 aromatic rings. The molecule has 1 amide bonds. The van der Waals surface area contributed by atoms with Crippen molar-refractivity contribution < 1.29 is 13.2 Å². The predicted octanol–water partition coefficient (Wildman–Crippen LogP) is 2.29. The van der Waals surface area contributed by atoms with Crippen LogP contribution in [-0.2, 0) is 21.4 Å². The lowest BCUT2D eigenvalue weighted by Crippen LogP contribution is -2.16. The van der Waals surface area contributed by atoms with Gasteiger partial charge in [-0.15, -0.1) is 0 Å². The first kappa shape index (κ1) is 18.0. The average Bonchev–Trinajstić information content (AvgIpc) is 2.93. The summed E-state index contributed by atoms with van der Waals surface area (Å²) in [6, 6.07) is 5.06. The Morgan fingerprint density at radius 2 is 2.04 bits per heavy atom. The van der Waals surface area contributed by atoms with Crippen molar-refractivity contribution in [3.05, 3.63) is 41.7 Å². The van der Waals surface area contributed by atoms with E-state index in [9.17, 15) is 13.2 Å². The highest BCUT2D eigenvalue weighted by Crippen LogP contribution is 2.21. The number of hydrogen-bond acceptors (Lipinski definition) is 4. The maximum Gasteiger partial charge on any atom is 0.232 e. The number of nitrogens with one attached hydrogen (secondary N) is 2. The first-order valence-corrected chi connectivity index (χ1v) is 9.34. The Morgan fingerprint density at radius 1 is 1.29 bits per heavy atom. The number of nitrogens with zero attached hydrogens (tertiary/aromatic N) is 2. The fourth-order valence-electron chi connectivity index (χ4n) is 2.12. The summed E-state index contributed by atoms with van der Waals surface area (Å²) in [5.41, 5.74) is 2.94. The minimum atomic E-state index is -3.32. The van der Waals surface area contributed by atoms with Crippen LogP contribution in [0, 0.1) is 13.8 Å². The second-order valence-corrected chi connectivity index (χ2v) is 7.63. The number of hydrogen-bond donors (Lipinski definition) is 2. The van der Waals surface area contributed by atoms with E-state index in [1.54, 1.807) is 42.9 Å². The van der Waals surface area contributed by atoms with Crippen LogP contribution in [0.3, 0.4) is 0 Å². The molecule has 1 aromatic heterocycles. The SMILES string of the molecule is CCS(=O)(=O)Nc1ccc(NC(=O)CCn2cc(C)cn2)cc1C. The van der Waals surface area contributed by atoms with Crippen LogP contribution in [0.15, 0.2) is 30.6 Å². The highest BCUT2D eigenvalue weighted by atomic mass is 32.2. The number of aryl methyl sites for hydroxylation is 3. The van der Waals surface area contributed by atoms with Crippen LogP contribution in [0.1, 0.15) is 24.5 Å². The van der Waals surface area contributed by atoms with Crippen LogP contribution in [-0.4, -0.2) is 29.9 Å². The van der Waals surface area contributed by atoms with Crippen LogP contribution in [0.4, 0.5) is 11.4 Å². The Labute approximate surface area is 142 Å². The van der Waals surface area contributed by atoms with Crippen molar-refractivity contribution >= 4 is 27.3 Å². The van der Waals surface area contributed by atoms with Crippen molar-refractivity contribution in [1.29, 1.82) is 0 Å². The molecule has 0 atom stereocenters. The maximum atomic E-state index is 12.0. The number of aromatic nitrogens is 2. The summed E-state index contributed by atoms with van der Waals surface area (Å²) in [6.45, 7) is 5.82. The molecule has 0 radical (unpaired) electrons. The summed E-state index contributed by atoms with van der Waals surface area (Å²) >= 11 is 0. The van der Waals surface area contributed by atoms with Crippen molar-refractivity contribution in [2.45, 2.75) is 33.7 Å². The third-order valence-electron chi connectivity index (χ3n) is 3.49.